The average Bonchev–Trinajstić information content (AvgIpc) is 2.99. The summed E-state index contributed by atoms with van der Waals surface area (Å²) in [6, 6.07) is 14.9. The second-order valence-electron chi connectivity index (χ2n) is 4.75. The highest BCUT2D eigenvalue weighted by Gasteiger charge is 1.98. The van der Waals surface area contributed by atoms with Gasteiger partial charge in [-0.1, -0.05) is 36.4 Å². The molecule has 2 nitrogen and oxygen atoms in total. The first kappa shape index (κ1) is 13.5. The van der Waals surface area contributed by atoms with E-state index >= 15 is 0 Å². The summed E-state index contributed by atoms with van der Waals surface area (Å²) in [4.78, 5) is 0. The summed E-state index contributed by atoms with van der Waals surface area (Å²) in [7, 11) is 0. The summed E-state index contributed by atoms with van der Waals surface area (Å²) in [6.07, 6.45) is 3.81. The summed E-state index contributed by atoms with van der Waals surface area (Å²) in [6.45, 7) is 0. The Morgan fingerprint density at radius 3 is 2.00 bits per heavy atom. The van der Waals surface area contributed by atoms with Gasteiger partial charge in [0.05, 0.1) is 0 Å². The van der Waals surface area contributed by atoms with Crippen LogP contribution in [0.4, 0.5) is 0 Å². The number of hydrogen-bond donors (Lipinski definition) is 2. The van der Waals surface area contributed by atoms with Crippen molar-refractivity contribution in [2.24, 2.45) is 0 Å². The van der Waals surface area contributed by atoms with E-state index in [1.807, 2.05) is 24.3 Å². The van der Waals surface area contributed by atoms with Crippen LogP contribution in [0.3, 0.4) is 0 Å². The van der Waals surface area contributed by atoms with E-state index in [9.17, 15) is 10.2 Å². The Morgan fingerprint density at radius 1 is 0.714 bits per heavy atom. The molecule has 0 saturated carbocycles. The minimum Gasteiger partial charge on any atom is -0.508 e. The zero-order chi connectivity index (χ0) is 14.7. The van der Waals surface area contributed by atoms with Gasteiger partial charge >= 0.3 is 0 Å². The number of aromatic hydroxyl groups is 2. The molecule has 2 aromatic carbocycles. The number of hydrogen-bond acceptors (Lipinski definition) is 3. The summed E-state index contributed by atoms with van der Waals surface area (Å²) in [5, 5.41) is 23.1. The van der Waals surface area contributed by atoms with Gasteiger partial charge in [0, 0.05) is 6.07 Å². The van der Waals surface area contributed by atoms with E-state index in [-0.39, 0.29) is 11.5 Å². The molecule has 0 radical (unpaired) electrons. The van der Waals surface area contributed by atoms with E-state index in [4.69, 9.17) is 0 Å². The molecule has 0 aliphatic heterocycles. The molecule has 0 spiro atoms. The Kier molecular flexibility index (Phi) is 3.75. The molecule has 3 aromatic rings. The van der Waals surface area contributed by atoms with Crippen molar-refractivity contribution < 1.29 is 10.2 Å². The minimum absolute atomic E-state index is 0.0578. The van der Waals surface area contributed by atoms with Gasteiger partial charge in [0.2, 0.25) is 0 Å². The normalized spacial score (nSPS) is 11.0. The van der Waals surface area contributed by atoms with E-state index in [1.54, 1.807) is 23.5 Å². The van der Waals surface area contributed by atoms with Crippen LogP contribution in [0.15, 0.2) is 59.3 Å². The molecular formula is C18H14O2S. The molecule has 3 rings (SSSR count). The molecule has 0 bridgehead atoms. The number of benzene rings is 2. The Balaban J connectivity index is 1.80. The molecule has 0 unspecified atom stereocenters. The lowest BCUT2D eigenvalue weighted by Crippen LogP contribution is -1.76. The van der Waals surface area contributed by atoms with Crippen LogP contribution >= 0.6 is 11.3 Å². The van der Waals surface area contributed by atoms with Crippen LogP contribution in [-0.4, -0.2) is 10.2 Å². The first-order valence-corrected chi connectivity index (χ1v) is 7.49. The predicted octanol–water partition coefficient (Wildman–Crippen LogP) is 5.00. The molecule has 0 aliphatic carbocycles. The van der Waals surface area contributed by atoms with Crippen LogP contribution in [0.2, 0.25) is 0 Å². The van der Waals surface area contributed by atoms with Crippen LogP contribution in [-0.2, 0) is 0 Å². The lowest BCUT2D eigenvalue weighted by molar-refractivity contribution is 0.450. The maximum absolute atomic E-state index is 9.44. The average molecular weight is 294 g/mol. The summed E-state index contributed by atoms with van der Waals surface area (Å²) >= 11 is 1.69. The number of thiophene rings is 1. The molecule has 1 heterocycles. The van der Waals surface area contributed by atoms with Crippen LogP contribution in [0, 0.1) is 0 Å². The van der Waals surface area contributed by atoms with Crippen LogP contribution in [0.25, 0.3) is 23.3 Å². The number of phenols is 2. The first-order valence-electron chi connectivity index (χ1n) is 6.54. The van der Waals surface area contributed by atoms with E-state index in [0.717, 1.165) is 11.1 Å². The standard InChI is InChI=1S/C18H14O2S/c19-17-9-14(10-18(20)11-17)2-1-13-3-5-15(6-4-13)16-7-8-21-12-16/h1-12,19-20H/b2-1+. The smallest absolute Gasteiger partial charge is 0.119 e. The maximum atomic E-state index is 9.44. The van der Waals surface area contributed by atoms with Gasteiger partial charge in [0.1, 0.15) is 11.5 Å². The van der Waals surface area contributed by atoms with Gasteiger partial charge in [-0.3, -0.25) is 0 Å². The highest BCUT2D eigenvalue weighted by molar-refractivity contribution is 7.08. The van der Waals surface area contributed by atoms with Gasteiger partial charge in [-0.25, -0.2) is 0 Å². The van der Waals surface area contributed by atoms with E-state index in [0.29, 0.717) is 0 Å². The highest BCUT2D eigenvalue weighted by atomic mass is 32.1. The van der Waals surface area contributed by atoms with E-state index < -0.39 is 0 Å². The summed E-state index contributed by atoms with van der Waals surface area (Å²) in [5.41, 5.74) is 4.25. The Hall–Kier alpha value is -2.52. The zero-order valence-electron chi connectivity index (χ0n) is 11.2. The van der Waals surface area contributed by atoms with Gasteiger partial charge in [-0.2, -0.15) is 11.3 Å². The third kappa shape index (κ3) is 3.33. The quantitative estimate of drug-likeness (QED) is 0.668. The van der Waals surface area contributed by atoms with Crippen molar-refractivity contribution in [2.45, 2.75) is 0 Å². The zero-order valence-corrected chi connectivity index (χ0v) is 12.0. The summed E-state index contributed by atoms with van der Waals surface area (Å²) in [5.74, 6) is 0.116. The minimum atomic E-state index is 0.0578. The number of phenolic OH excluding ortho intramolecular Hbond substituents is 2. The molecule has 3 heteroatoms. The number of rotatable bonds is 3. The van der Waals surface area contributed by atoms with Gasteiger partial charge in [-0.15, -0.1) is 0 Å². The van der Waals surface area contributed by atoms with Crippen LogP contribution < -0.4 is 0 Å². The van der Waals surface area contributed by atoms with Crippen molar-refractivity contribution in [2.75, 3.05) is 0 Å². The van der Waals surface area contributed by atoms with Crippen molar-refractivity contribution >= 4 is 23.5 Å². The monoisotopic (exact) mass is 294 g/mol. The molecule has 0 saturated heterocycles. The molecule has 2 N–H and O–H groups in total. The fraction of sp³-hybridized carbons (Fsp3) is 0. The SMILES string of the molecule is Oc1cc(O)cc(/C=C/c2ccc(-c3ccsc3)cc2)c1. The molecular weight excluding hydrogens is 280 g/mol. The van der Waals surface area contributed by atoms with Crippen LogP contribution in [0.5, 0.6) is 11.5 Å². The van der Waals surface area contributed by atoms with Crippen molar-refractivity contribution in [1.29, 1.82) is 0 Å². The second-order valence-corrected chi connectivity index (χ2v) is 5.53. The third-order valence-corrected chi connectivity index (χ3v) is 3.84. The second kappa shape index (κ2) is 5.85. The van der Waals surface area contributed by atoms with Crippen molar-refractivity contribution in [3.05, 3.63) is 70.4 Å². The largest absolute Gasteiger partial charge is 0.508 e. The molecule has 0 amide bonds. The van der Waals surface area contributed by atoms with Gasteiger partial charge < -0.3 is 10.2 Å². The summed E-state index contributed by atoms with van der Waals surface area (Å²) < 4.78 is 0. The van der Waals surface area contributed by atoms with Gasteiger partial charge in [0.25, 0.3) is 0 Å². The molecule has 104 valence electrons. The topological polar surface area (TPSA) is 40.5 Å². The Labute approximate surface area is 127 Å². The lowest BCUT2D eigenvalue weighted by atomic mass is 10.1. The fourth-order valence-corrected chi connectivity index (χ4v) is 2.79. The fourth-order valence-electron chi connectivity index (χ4n) is 2.12. The molecule has 0 aliphatic rings. The maximum Gasteiger partial charge on any atom is 0.119 e. The van der Waals surface area contributed by atoms with E-state index in [1.165, 1.54) is 17.2 Å². The van der Waals surface area contributed by atoms with Crippen molar-refractivity contribution in [1.82, 2.24) is 0 Å². The first-order chi connectivity index (χ1) is 10.2. The predicted molar refractivity (Wildman–Crippen MR) is 88.5 cm³/mol. The molecule has 1 aromatic heterocycles. The van der Waals surface area contributed by atoms with E-state index in [2.05, 4.69) is 29.0 Å². The van der Waals surface area contributed by atoms with Crippen LogP contribution in [0.1, 0.15) is 11.1 Å². The molecule has 0 atom stereocenters. The van der Waals surface area contributed by atoms with Gasteiger partial charge in [0.15, 0.2) is 0 Å². The molecule has 21 heavy (non-hydrogen) atoms. The van der Waals surface area contributed by atoms with Crippen molar-refractivity contribution in [3.8, 4) is 22.6 Å². The van der Waals surface area contributed by atoms with Crippen molar-refractivity contribution in [3.63, 3.8) is 0 Å². The lowest BCUT2D eigenvalue weighted by Gasteiger charge is -2.00. The van der Waals surface area contributed by atoms with Gasteiger partial charge in [-0.05, 0) is 51.2 Å². The highest BCUT2D eigenvalue weighted by Crippen LogP contribution is 2.24. The third-order valence-electron chi connectivity index (χ3n) is 3.16. The Morgan fingerprint density at radius 2 is 1.38 bits per heavy atom. The Bertz CT molecular complexity index is 736. The molecule has 0 fully saturated rings.